The fraction of sp³-hybridized carbons (Fsp3) is 0.647. The van der Waals surface area contributed by atoms with Gasteiger partial charge in [0.05, 0.1) is 12.3 Å². The molecule has 0 aliphatic carbocycles. The molecule has 0 bridgehead atoms. The quantitative estimate of drug-likeness (QED) is 0.844. The zero-order chi connectivity index (χ0) is 15.1. The van der Waals surface area contributed by atoms with Crippen LogP contribution in [0.4, 0.5) is 5.69 Å². The molecule has 4 heteroatoms. The number of benzene rings is 1. The van der Waals surface area contributed by atoms with E-state index in [4.69, 9.17) is 4.74 Å². The van der Waals surface area contributed by atoms with Crippen LogP contribution in [0.3, 0.4) is 0 Å². The third-order valence-electron chi connectivity index (χ3n) is 3.72. The Morgan fingerprint density at radius 2 is 2.14 bits per heavy atom. The van der Waals surface area contributed by atoms with Gasteiger partial charge < -0.3 is 20.3 Å². The van der Waals surface area contributed by atoms with Gasteiger partial charge in [0, 0.05) is 32.2 Å². The molecule has 1 heterocycles. The summed E-state index contributed by atoms with van der Waals surface area (Å²) in [4.78, 5) is 2.44. The maximum atomic E-state index is 5.89. The van der Waals surface area contributed by atoms with Crippen LogP contribution in [0.1, 0.15) is 32.8 Å². The highest BCUT2D eigenvalue weighted by Gasteiger charge is 2.14. The van der Waals surface area contributed by atoms with Gasteiger partial charge in [0.2, 0.25) is 0 Å². The van der Waals surface area contributed by atoms with Gasteiger partial charge in [-0.15, -0.1) is 0 Å². The Balaban J connectivity index is 2.15. The lowest BCUT2D eigenvalue weighted by Gasteiger charge is -2.25. The summed E-state index contributed by atoms with van der Waals surface area (Å²) in [7, 11) is 0. The summed E-state index contributed by atoms with van der Waals surface area (Å²) < 4.78 is 5.89. The topological polar surface area (TPSA) is 36.5 Å². The van der Waals surface area contributed by atoms with Gasteiger partial charge >= 0.3 is 0 Å². The van der Waals surface area contributed by atoms with Crippen molar-refractivity contribution in [1.29, 1.82) is 0 Å². The van der Waals surface area contributed by atoms with Gasteiger partial charge in [0.15, 0.2) is 0 Å². The highest BCUT2D eigenvalue weighted by molar-refractivity contribution is 5.60. The van der Waals surface area contributed by atoms with Gasteiger partial charge in [0.1, 0.15) is 5.75 Å². The summed E-state index contributed by atoms with van der Waals surface area (Å²) in [5.74, 6) is 1.02. The average Bonchev–Trinajstić information content (AvgIpc) is 2.75. The zero-order valence-electron chi connectivity index (χ0n) is 13.6. The second-order valence-electron chi connectivity index (χ2n) is 5.86. The first-order chi connectivity index (χ1) is 10.2. The second-order valence-corrected chi connectivity index (χ2v) is 5.86. The third kappa shape index (κ3) is 4.90. The smallest absolute Gasteiger partial charge is 0.142 e. The van der Waals surface area contributed by atoms with Crippen molar-refractivity contribution >= 4 is 5.69 Å². The molecule has 1 aliphatic heterocycles. The summed E-state index contributed by atoms with van der Waals surface area (Å²) >= 11 is 0. The van der Waals surface area contributed by atoms with E-state index in [-0.39, 0.29) is 0 Å². The Kier molecular flexibility index (Phi) is 6.33. The van der Waals surface area contributed by atoms with Crippen LogP contribution in [-0.2, 0) is 6.54 Å². The molecule has 0 saturated carbocycles. The number of nitrogens with one attached hydrogen (secondary N) is 2. The second kappa shape index (κ2) is 8.25. The SMILES string of the molecule is CCOc1cc(CNC(C)C)ccc1N1CCCNCC1. The van der Waals surface area contributed by atoms with Crippen molar-refractivity contribution in [1.82, 2.24) is 10.6 Å². The van der Waals surface area contributed by atoms with E-state index in [1.54, 1.807) is 0 Å². The molecule has 0 spiro atoms. The highest BCUT2D eigenvalue weighted by atomic mass is 16.5. The molecule has 2 rings (SSSR count). The van der Waals surface area contributed by atoms with Gasteiger partial charge in [0.25, 0.3) is 0 Å². The van der Waals surface area contributed by atoms with E-state index >= 15 is 0 Å². The lowest BCUT2D eigenvalue weighted by atomic mass is 10.1. The molecule has 0 aromatic heterocycles. The monoisotopic (exact) mass is 291 g/mol. The molecule has 1 aromatic rings. The standard InChI is InChI=1S/C17H29N3O/c1-4-21-17-12-15(13-19-14(2)3)6-7-16(17)20-10-5-8-18-9-11-20/h6-7,12,14,18-19H,4-5,8-11,13H2,1-3H3. The van der Waals surface area contributed by atoms with Gasteiger partial charge in [-0.3, -0.25) is 0 Å². The lowest BCUT2D eigenvalue weighted by Crippen LogP contribution is -2.28. The van der Waals surface area contributed by atoms with Crippen LogP contribution in [-0.4, -0.2) is 38.8 Å². The van der Waals surface area contributed by atoms with Gasteiger partial charge in [-0.05, 0) is 37.6 Å². The van der Waals surface area contributed by atoms with Gasteiger partial charge in [-0.25, -0.2) is 0 Å². The molecule has 1 saturated heterocycles. The van der Waals surface area contributed by atoms with Crippen LogP contribution in [0.15, 0.2) is 18.2 Å². The first kappa shape index (κ1) is 16.1. The van der Waals surface area contributed by atoms with Crippen molar-refractivity contribution < 1.29 is 4.74 Å². The van der Waals surface area contributed by atoms with Crippen LogP contribution in [0.2, 0.25) is 0 Å². The number of hydrogen-bond acceptors (Lipinski definition) is 4. The number of nitrogens with zero attached hydrogens (tertiary/aromatic N) is 1. The highest BCUT2D eigenvalue weighted by Crippen LogP contribution is 2.30. The molecule has 0 atom stereocenters. The molecule has 0 radical (unpaired) electrons. The Labute approximate surface area is 128 Å². The van der Waals surface area contributed by atoms with Crippen molar-refractivity contribution in [3.05, 3.63) is 23.8 Å². The molecule has 0 unspecified atom stereocenters. The van der Waals surface area contributed by atoms with Crippen molar-refractivity contribution in [2.24, 2.45) is 0 Å². The van der Waals surface area contributed by atoms with E-state index in [9.17, 15) is 0 Å². The van der Waals surface area contributed by atoms with Crippen molar-refractivity contribution in [3.63, 3.8) is 0 Å². The summed E-state index contributed by atoms with van der Waals surface area (Å²) in [5, 5.41) is 6.91. The number of ether oxygens (including phenoxy) is 1. The normalized spacial score (nSPS) is 16.1. The fourth-order valence-electron chi connectivity index (χ4n) is 2.61. The first-order valence-electron chi connectivity index (χ1n) is 8.15. The Hall–Kier alpha value is -1.26. The van der Waals surface area contributed by atoms with Gasteiger partial charge in [-0.2, -0.15) is 0 Å². The van der Waals surface area contributed by atoms with E-state index in [1.807, 2.05) is 6.92 Å². The Morgan fingerprint density at radius 3 is 2.90 bits per heavy atom. The summed E-state index contributed by atoms with van der Waals surface area (Å²) in [5.41, 5.74) is 2.51. The van der Waals surface area contributed by atoms with E-state index in [0.717, 1.165) is 38.5 Å². The van der Waals surface area contributed by atoms with Crippen molar-refractivity contribution in [2.45, 2.75) is 39.8 Å². The van der Waals surface area contributed by atoms with E-state index in [1.165, 1.54) is 17.7 Å². The fourth-order valence-corrected chi connectivity index (χ4v) is 2.61. The largest absolute Gasteiger partial charge is 0.492 e. The molecule has 21 heavy (non-hydrogen) atoms. The molecular formula is C17H29N3O. The van der Waals surface area contributed by atoms with Gasteiger partial charge in [-0.1, -0.05) is 19.9 Å². The first-order valence-corrected chi connectivity index (χ1v) is 8.15. The maximum absolute atomic E-state index is 5.89. The van der Waals surface area contributed by atoms with E-state index in [0.29, 0.717) is 12.6 Å². The molecule has 0 amide bonds. The summed E-state index contributed by atoms with van der Waals surface area (Å²) in [6.45, 7) is 12.3. The average molecular weight is 291 g/mol. The Morgan fingerprint density at radius 1 is 1.29 bits per heavy atom. The van der Waals surface area contributed by atoms with Crippen LogP contribution < -0.4 is 20.3 Å². The van der Waals surface area contributed by atoms with Crippen LogP contribution in [0.25, 0.3) is 0 Å². The summed E-state index contributed by atoms with van der Waals surface area (Å²) in [6.07, 6.45) is 1.18. The van der Waals surface area contributed by atoms with E-state index < -0.39 is 0 Å². The molecule has 2 N–H and O–H groups in total. The molecule has 118 valence electrons. The predicted molar refractivity (Wildman–Crippen MR) is 89.3 cm³/mol. The Bertz CT molecular complexity index is 426. The molecular weight excluding hydrogens is 262 g/mol. The number of anilines is 1. The molecule has 1 aliphatic rings. The number of rotatable bonds is 6. The maximum Gasteiger partial charge on any atom is 0.142 e. The lowest BCUT2D eigenvalue weighted by molar-refractivity contribution is 0.340. The third-order valence-corrected chi connectivity index (χ3v) is 3.72. The molecule has 1 aromatic carbocycles. The van der Waals surface area contributed by atoms with Crippen LogP contribution in [0.5, 0.6) is 5.75 Å². The van der Waals surface area contributed by atoms with Crippen LogP contribution in [0, 0.1) is 0 Å². The van der Waals surface area contributed by atoms with E-state index in [2.05, 4.69) is 47.6 Å². The molecule has 4 nitrogen and oxygen atoms in total. The zero-order valence-corrected chi connectivity index (χ0v) is 13.6. The predicted octanol–water partition coefficient (Wildman–Crippen LogP) is 2.38. The summed E-state index contributed by atoms with van der Waals surface area (Å²) in [6, 6.07) is 7.11. The number of hydrogen-bond donors (Lipinski definition) is 2. The molecule has 1 fully saturated rings. The van der Waals surface area contributed by atoms with Crippen molar-refractivity contribution in [3.8, 4) is 5.75 Å². The van der Waals surface area contributed by atoms with Crippen LogP contribution >= 0.6 is 0 Å². The minimum atomic E-state index is 0.497. The minimum Gasteiger partial charge on any atom is -0.492 e. The van der Waals surface area contributed by atoms with Crippen molar-refractivity contribution in [2.75, 3.05) is 37.7 Å². The minimum absolute atomic E-state index is 0.497.